The summed E-state index contributed by atoms with van der Waals surface area (Å²) in [6.07, 6.45) is 0. The second kappa shape index (κ2) is 6.20. The number of hydrogen-bond acceptors (Lipinski definition) is 8. The van der Waals surface area contributed by atoms with Crippen molar-refractivity contribution >= 4 is 33.2 Å². The zero-order chi connectivity index (χ0) is 17.4. The van der Waals surface area contributed by atoms with Crippen LogP contribution in [0.5, 0.6) is 0 Å². The standard InChI is InChI=1S/C16H18N4O3S/c1-7(2)14-19-10(23-20-14)6-22-16(21)13-12(17)11-8(3)5-9(4)18-15(11)24-13/h5,7H,6,17H2,1-4H3. The molecule has 0 radical (unpaired) electrons. The lowest BCUT2D eigenvalue weighted by Crippen LogP contribution is -2.06. The Morgan fingerprint density at radius 3 is 2.79 bits per heavy atom. The summed E-state index contributed by atoms with van der Waals surface area (Å²) < 4.78 is 10.3. The van der Waals surface area contributed by atoms with E-state index in [1.807, 2.05) is 33.8 Å². The van der Waals surface area contributed by atoms with E-state index < -0.39 is 5.97 Å². The monoisotopic (exact) mass is 346 g/mol. The number of aromatic nitrogens is 3. The summed E-state index contributed by atoms with van der Waals surface area (Å²) in [6, 6.07) is 1.94. The van der Waals surface area contributed by atoms with Crippen molar-refractivity contribution in [3.8, 4) is 0 Å². The van der Waals surface area contributed by atoms with Crippen LogP contribution in [0.2, 0.25) is 0 Å². The maximum Gasteiger partial charge on any atom is 0.351 e. The third-order valence-electron chi connectivity index (χ3n) is 3.54. The van der Waals surface area contributed by atoms with Crippen LogP contribution in [0, 0.1) is 13.8 Å². The number of ether oxygens (including phenoxy) is 1. The van der Waals surface area contributed by atoms with Gasteiger partial charge in [0.15, 0.2) is 12.4 Å². The zero-order valence-corrected chi connectivity index (χ0v) is 14.7. The van der Waals surface area contributed by atoms with Crippen LogP contribution in [0.15, 0.2) is 10.6 Å². The van der Waals surface area contributed by atoms with Gasteiger partial charge in [-0.15, -0.1) is 11.3 Å². The second-order valence-corrected chi connectivity index (χ2v) is 6.88. The molecule has 0 saturated heterocycles. The van der Waals surface area contributed by atoms with Crippen LogP contribution in [-0.2, 0) is 11.3 Å². The van der Waals surface area contributed by atoms with Gasteiger partial charge < -0.3 is 15.0 Å². The third kappa shape index (κ3) is 2.96. The van der Waals surface area contributed by atoms with Crippen molar-refractivity contribution in [3.05, 3.63) is 33.9 Å². The molecule has 24 heavy (non-hydrogen) atoms. The molecule has 0 atom stereocenters. The van der Waals surface area contributed by atoms with Crippen LogP contribution < -0.4 is 5.73 Å². The van der Waals surface area contributed by atoms with Gasteiger partial charge in [0.25, 0.3) is 5.89 Å². The van der Waals surface area contributed by atoms with E-state index in [0.717, 1.165) is 21.5 Å². The average molecular weight is 346 g/mol. The van der Waals surface area contributed by atoms with Gasteiger partial charge in [0.05, 0.1) is 5.69 Å². The van der Waals surface area contributed by atoms with E-state index >= 15 is 0 Å². The van der Waals surface area contributed by atoms with Crippen LogP contribution >= 0.6 is 11.3 Å². The number of pyridine rings is 1. The molecule has 0 amide bonds. The Hall–Kier alpha value is -2.48. The van der Waals surface area contributed by atoms with Crippen LogP contribution in [0.3, 0.4) is 0 Å². The first-order valence-electron chi connectivity index (χ1n) is 7.52. The van der Waals surface area contributed by atoms with Gasteiger partial charge in [0.1, 0.15) is 9.71 Å². The molecule has 0 aromatic carbocycles. The Morgan fingerprint density at radius 1 is 1.38 bits per heavy atom. The molecular formula is C16H18N4O3S. The number of rotatable bonds is 4. The van der Waals surface area contributed by atoms with Gasteiger partial charge in [0.2, 0.25) is 0 Å². The molecule has 0 bridgehead atoms. The first-order chi connectivity index (χ1) is 11.4. The van der Waals surface area contributed by atoms with E-state index in [4.69, 9.17) is 15.0 Å². The summed E-state index contributed by atoms with van der Waals surface area (Å²) in [4.78, 5) is 22.0. The maximum atomic E-state index is 12.3. The molecule has 8 heteroatoms. The lowest BCUT2D eigenvalue weighted by atomic mass is 10.1. The van der Waals surface area contributed by atoms with Gasteiger partial charge in [-0.2, -0.15) is 4.98 Å². The highest BCUT2D eigenvalue weighted by Gasteiger charge is 2.21. The van der Waals surface area contributed by atoms with Gasteiger partial charge in [-0.1, -0.05) is 19.0 Å². The number of carbonyl (C=O) groups is 1. The SMILES string of the molecule is Cc1cc(C)c2c(N)c(C(=O)OCc3nc(C(C)C)no3)sc2n1. The molecule has 3 heterocycles. The minimum absolute atomic E-state index is 0.0856. The van der Waals surface area contributed by atoms with Crippen LogP contribution in [-0.4, -0.2) is 21.1 Å². The molecule has 0 saturated carbocycles. The summed E-state index contributed by atoms with van der Waals surface area (Å²) in [5.41, 5.74) is 8.40. The fraction of sp³-hybridized carbons (Fsp3) is 0.375. The average Bonchev–Trinajstić information content (AvgIpc) is 3.10. The van der Waals surface area contributed by atoms with Crippen molar-refractivity contribution in [2.75, 3.05) is 5.73 Å². The predicted molar refractivity (Wildman–Crippen MR) is 91.0 cm³/mol. The van der Waals surface area contributed by atoms with Crippen LogP contribution in [0.4, 0.5) is 5.69 Å². The highest BCUT2D eigenvalue weighted by Crippen LogP contribution is 2.35. The van der Waals surface area contributed by atoms with E-state index in [9.17, 15) is 4.79 Å². The minimum atomic E-state index is -0.517. The highest BCUT2D eigenvalue weighted by molar-refractivity contribution is 7.21. The Labute approximate surface area is 142 Å². The van der Waals surface area contributed by atoms with Crippen molar-refractivity contribution in [2.24, 2.45) is 0 Å². The maximum absolute atomic E-state index is 12.3. The molecular weight excluding hydrogens is 328 g/mol. The highest BCUT2D eigenvalue weighted by atomic mass is 32.1. The molecule has 2 N–H and O–H groups in total. The van der Waals surface area contributed by atoms with Gasteiger partial charge in [-0.05, 0) is 25.5 Å². The largest absolute Gasteiger partial charge is 0.451 e. The van der Waals surface area contributed by atoms with Crippen LogP contribution in [0.1, 0.15) is 52.4 Å². The number of hydrogen-bond donors (Lipinski definition) is 1. The Balaban J connectivity index is 1.81. The van der Waals surface area contributed by atoms with E-state index in [0.29, 0.717) is 16.4 Å². The Kier molecular flexibility index (Phi) is 4.23. The number of nitrogens with two attached hydrogens (primary N) is 1. The van der Waals surface area contributed by atoms with E-state index in [1.165, 1.54) is 11.3 Å². The Morgan fingerprint density at radius 2 is 2.12 bits per heavy atom. The molecule has 3 rings (SSSR count). The quantitative estimate of drug-likeness (QED) is 0.722. The zero-order valence-electron chi connectivity index (χ0n) is 13.9. The summed E-state index contributed by atoms with van der Waals surface area (Å²) in [5, 5.41) is 4.63. The molecule has 7 nitrogen and oxygen atoms in total. The lowest BCUT2D eigenvalue weighted by Gasteiger charge is -2.01. The van der Waals surface area contributed by atoms with Gasteiger partial charge in [-0.25, -0.2) is 9.78 Å². The van der Waals surface area contributed by atoms with Crippen molar-refractivity contribution in [3.63, 3.8) is 0 Å². The minimum Gasteiger partial charge on any atom is -0.451 e. The number of anilines is 1. The first kappa shape index (κ1) is 16.4. The summed E-state index contributed by atoms with van der Waals surface area (Å²) >= 11 is 1.23. The predicted octanol–water partition coefficient (Wildman–Crippen LogP) is 3.36. The molecule has 0 aliphatic rings. The van der Waals surface area contributed by atoms with E-state index in [2.05, 4.69) is 15.1 Å². The molecule has 0 aliphatic carbocycles. The summed E-state index contributed by atoms with van der Waals surface area (Å²) in [6.45, 7) is 7.67. The van der Waals surface area contributed by atoms with Crippen molar-refractivity contribution in [1.29, 1.82) is 0 Å². The lowest BCUT2D eigenvalue weighted by molar-refractivity contribution is 0.0437. The third-order valence-corrected chi connectivity index (χ3v) is 4.62. The topological polar surface area (TPSA) is 104 Å². The molecule has 0 spiro atoms. The van der Waals surface area contributed by atoms with Crippen molar-refractivity contribution in [2.45, 2.75) is 40.2 Å². The molecule has 0 aliphatic heterocycles. The normalized spacial score (nSPS) is 11.4. The number of fused-ring (bicyclic) bond motifs is 1. The summed E-state index contributed by atoms with van der Waals surface area (Å²) in [7, 11) is 0. The van der Waals surface area contributed by atoms with Gasteiger partial charge >= 0.3 is 5.97 Å². The number of aryl methyl sites for hydroxylation is 2. The summed E-state index contributed by atoms with van der Waals surface area (Å²) in [5.74, 6) is 0.472. The van der Waals surface area contributed by atoms with Gasteiger partial charge in [0, 0.05) is 17.0 Å². The van der Waals surface area contributed by atoms with Crippen molar-refractivity contribution < 1.29 is 14.1 Å². The van der Waals surface area contributed by atoms with Crippen LogP contribution in [0.25, 0.3) is 10.2 Å². The van der Waals surface area contributed by atoms with Gasteiger partial charge in [-0.3, -0.25) is 0 Å². The Bertz CT molecular complexity index is 914. The number of thiophene rings is 1. The number of nitrogen functional groups attached to an aromatic ring is 1. The van der Waals surface area contributed by atoms with E-state index in [-0.39, 0.29) is 18.4 Å². The molecule has 126 valence electrons. The van der Waals surface area contributed by atoms with E-state index in [1.54, 1.807) is 0 Å². The number of nitrogens with zero attached hydrogens (tertiary/aromatic N) is 3. The fourth-order valence-electron chi connectivity index (χ4n) is 2.37. The smallest absolute Gasteiger partial charge is 0.351 e. The molecule has 0 fully saturated rings. The molecule has 3 aromatic heterocycles. The molecule has 3 aromatic rings. The number of carbonyl (C=O) groups excluding carboxylic acids is 1. The molecule has 0 unspecified atom stereocenters. The second-order valence-electron chi connectivity index (χ2n) is 5.88. The van der Waals surface area contributed by atoms with Crippen molar-refractivity contribution in [1.82, 2.24) is 15.1 Å². The first-order valence-corrected chi connectivity index (χ1v) is 8.34. The number of esters is 1. The fourth-order valence-corrected chi connectivity index (χ4v) is 3.49.